The Hall–Kier alpha value is -2.99. The number of nitrogens with zero attached hydrogens (tertiary/aromatic N) is 2. The molecule has 1 aromatic carbocycles. The lowest BCUT2D eigenvalue weighted by molar-refractivity contribution is 0.103. The second-order valence-electron chi connectivity index (χ2n) is 9.04. The molecule has 0 saturated heterocycles. The van der Waals surface area contributed by atoms with E-state index in [2.05, 4.69) is 24.1 Å². The van der Waals surface area contributed by atoms with E-state index in [1.165, 1.54) is 38.8 Å². The summed E-state index contributed by atoms with van der Waals surface area (Å²) in [4.78, 5) is 16.1. The SMILES string of the molecule is CCCCN(CCCC)CCCNc1ccc(C(=O)c2c(C)c(OC)c3ccccn23)cc1OC. The van der Waals surface area contributed by atoms with Gasteiger partial charge in [0.2, 0.25) is 5.78 Å². The van der Waals surface area contributed by atoms with Crippen LogP contribution in [0.5, 0.6) is 11.5 Å². The Kier molecular flexibility index (Phi) is 10.0. The first-order valence-electron chi connectivity index (χ1n) is 12.9. The van der Waals surface area contributed by atoms with Crippen LogP contribution < -0.4 is 14.8 Å². The number of hydrogen-bond donors (Lipinski definition) is 1. The smallest absolute Gasteiger partial charge is 0.210 e. The molecule has 0 fully saturated rings. The van der Waals surface area contributed by atoms with Gasteiger partial charge in [0.15, 0.2) is 0 Å². The lowest BCUT2D eigenvalue weighted by atomic mass is 10.0. The van der Waals surface area contributed by atoms with Crippen molar-refractivity contribution in [2.75, 3.05) is 45.7 Å². The van der Waals surface area contributed by atoms with Crippen LogP contribution in [-0.2, 0) is 0 Å². The van der Waals surface area contributed by atoms with E-state index >= 15 is 0 Å². The first kappa shape index (κ1) is 26.6. The average Bonchev–Trinajstić information content (AvgIpc) is 3.17. The van der Waals surface area contributed by atoms with Gasteiger partial charge in [0, 0.05) is 23.9 Å². The number of hydrogen-bond acceptors (Lipinski definition) is 5. The number of benzene rings is 1. The summed E-state index contributed by atoms with van der Waals surface area (Å²) >= 11 is 0. The van der Waals surface area contributed by atoms with Crippen molar-refractivity contribution in [1.29, 1.82) is 0 Å². The molecule has 35 heavy (non-hydrogen) atoms. The summed E-state index contributed by atoms with van der Waals surface area (Å²) in [5.41, 5.74) is 3.83. The minimum absolute atomic E-state index is 0.0562. The molecule has 0 unspecified atom stereocenters. The molecule has 0 aliphatic carbocycles. The Morgan fingerprint density at radius 1 is 0.971 bits per heavy atom. The monoisotopic (exact) mass is 479 g/mol. The zero-order valence-corrected chi connectivity index (χ0v) is 22.0. The van der Waals surface area contributed by atoms with Crippen molar-refractivity contribution in [1.82, 2.24) is 9.30 Å². The van der Waals surface area contributed by atoms with E-state index in [1.807, 2.05) is 53.9 Å². The van der Waals surface area contributed by atoms with Crippen LogP contribution in [0.25, 0.3) is 5.52 Å². The van der Waals surface area contributed by atoms with Crippen LogP contribution in [0.15, 0.2) is 42.6 Å². The molecule has 0 atom stereocenters. The van der Waals surface area contributed by atoms with Crippen LogP contribution in [0.2, 0.25) is 0 Å². The molecule has 2 heterocycles. The maximum Gasteiger partial charge on any atom is 0.210 e. The Labute approximate surface area is 210 Å². The fourth-order valence-electron chi connectivity index (χ4n) is 4.58. The topological polar surface area (TPSA) is 55.2 Å². The van der Waals surface area contributed by atoms with E-state index in [4.69, 9.17) is 9.47 Å². The first-order valence-corrected chi connectivity index (χ1v) is 12.9. The third kappa shape index (κ3) is 6.37. The molecule has 0 aliphatic rings. The third-order valence-corrected chi connectivity index (χ3v) is 6.53. The summed E-state index contributed by atoms with van der Waals surface area (Å²) in [6.07, 6.45) is 7.93. The molecule has 0 radical (unpaired) electrons. The molecular weight excluding hydrogens is 438 g/mol. The van der Waals surface area contributed by atoms with Crippen LogP contribution in [0.3, 0.4) is 0 Å². The summed E-state index contributed by atoms with van der Waals surface area (Å²) in [7, 11) is 3.28. The maximum absolute atomic E-state index is 13.5. The van der Waals surface area contributed by atoms with E-state index in [9.17, 15) is 4.79 Å². The number of pyridine rings is 1. The zero-order valence-electron chi connectivity index (χ0n) is 22.0. The molecule has 0 bridgehead atoms. The highest BCUT2D eigenvalue weighted by molar-refractivity contribution is 6.10. The molecule has 0 spiro atoms. The van der Waals surface area contributed by atoms with Crippen molar-refractivity contribution in [2.45, 2.75) is 52.9 Å². The van der Waals surface area contributed by atoms with Gasteiger partial charge < -0.3 is 24.1 Å². The number of ketones is 1. The van der Waals surface area contributed by atoms with Gasteiger partial charge in [-0.15, -0.1) is 0 Å². The fraction of sp³-hybridized carbons (Fsp3) is 0.483. The minimum atomic E-state index is -0.0562. The van der Waals surface area contributed by atoms with Gasteiger partial charge in [0.1, 0.15) is 17.2 Å². The molecular formula is C29H41N3O3. The molecule has 2 aromatic heterocycles. The lowest BCUT2D eigenvalue weighted by Gasteiger charge is -2.22. The summed E-state index contributed by atoms with van der Waals surface area (Å²) < 4.78 is 13.1. The fourth-order valence-corrected chi connectivity index (χ4v) is 4.58. The number of ether oxygens (including phenoxy) is 2. The molecule has 3 rings (SSSR count). The van der Waals surface area contributed by atoms with Gasteiger partial charge in [-0.1, -0.05) is 32.8 Å². The number of nitrogens with one attached hydrogen (secondary N) is 1. The Morgan fingerprint density at radius 3 is 2.34 bits per heavy atom. The highest BCUT2D eigenvalue weighted by atomic mass is 16.5. The van der Waals surface area contributed by atoms with Crippen LogP contribution in [0, 0.1) is 6.92 Å². The number of methoxy groups -OCH3 is 2. The number of carbonyl (C=O) groups is 1. The molecule has 1 N–H and O–H groups in total. The van der Waals surface area contributed by atoms with Crippen molar-refractivity contribution in [3.8, 4) is 11.5 Å². The van der Waals surface area contributed by atoms with E-state index in [-0.39, 0.29) is 5.78 Å². The summed E-state index contributed by atoms with van der Waals surface area (Å²) in [5.74, 6) is 1.35. The highest BCUT2D eigenvalue weighted by Crippen LogP contribution is 2.33. The van der Waals surface area contributed by atoms with Crippen LogP contribution in [0.1, 0.15) is 67.6 Å². The van der Waals surface area contributed by atoms with Crippen LogP contribution >= 0.6 is 0 Å². The molecule has 0 saturated carbocycles. The molecule has 190 valence electrons. The highest BCUT2D eigenvalue weighted by Gasteiger charge is 2.23. The maximum atomic E-state index is 13.5. The molecule has 6 nitrogen and oxygen atoms in total. The van der Waals surface area contributed by atoms with Gasteiger partial charge in [-0.05, 0) is 76.2 Å². The van der Waals surface area contributed by atoms with Crippen molar-refractivity contribution in [2.24, 2.45) is 0 Å². The number of rotatable bonds is 15. The zero-order chi connectivity index (χ0) is 25.2. The van der Waals surface area contributed by atoms with E-state index in [0.29, 0.717) is 17.0 Å². The average molecular weight is 480 g/mol. The van der Waals surface area contributed by atoms with Crippen LogP contribution in [0.4, 0.5) is 5.69 Å². The second kappa shape index (κ2) is 13.2. The first-order chi connectivity index (χ1) is 17.0. The van der Waals surface area contributed by atoms with Gasteiger partial charge in [-0.25, -0.2) is 0 Å². The molecule has 0 amide bonds. The summed E-state index contributed by atoms with van der Waals surface area (Å²) in [6, 6.07) is 11.5. The lowest BCUT2D eigenvalue weighted by Crippen LogP contribution is -2.28. The Morgan fingerprint density at radius 2 is 1.69 bits per heavy atom. The van der Waals surface area contributed by atoms with E-state index < -0.39 is 0 Å². The summed E-state index contributed by atoms with van der Waals surface area (Å²) in [5, 5.41) is 3.50. The van der Waals surface area contributed by atoms with Crippen molar-refractivity contribution >= 4 is 17.0 Å². The van der Waals surface area contributed by atoms with Crippen molar-refractivity contribution in [3.63, 3.8) is 0 Å². The van der Waals surface area contributed by atoms with Gasteiger partial charge in [0.25, 0.3) is 0 Å². The van der Waals surface area contributed by atoms with Crippen LogP contribution in [-0.4, -0.2) is 55.5 Å². The van der Waals surface area contributed by atoms with Crippen molar-refractivity contribution in [3.05, 3.63) is 59.4 Å². The quantitative estimate of drug-likeness (QED) is 0.208. The Bertz CT molecular complexity index is 1100. The van der Waals surface area contributed by atoms with E-state index in [1.54, 1.807) is 14.2 Å². The standard InChI is InChI=1S/C29H41N3O3/c1-6-8-17-31(18-9-7-2)19-12-16-30-24-15-14-23(21-26(24)34-4)28(33)27-22(3)29(35-5)25-13-10-11-20-32(25)27/h10-11,13-15,20-21,30H,6-9,12,16-19H2,1-5H3. The molecule has 0 aliphatic heterocycles. The number of fused-ring (bicyclic) bond motifs is 1. The van der Waals surface area contributed by atoms with E-state index in [0.717, 1.165) is 42.0 Å². The predicted octanol–water partition coefficient (Wildman–Crippen LogP) is 6.20. The van der Waals surface area contributed by atoms with Gasteiger partial charge in [-0.2, -0.15) is 0 Å². The third-order valence-electron chi connectivity index (χ3n) is 6.53. The second-order valence-corrected chi connectivity index (χ2v) is 9.04. The number of carbonyl (C=O) groups excluding carboxylic acids is 1. The van der Waals surface area contributed by atoms with Crippen molar-refractivity contribution < 1.29 is 14.3 Å². The number of anilines is 1. The summed E-state index contributed by atoms with van der Waals surface area (Å²) in [6.45, 7) is 10.7. The van der Waals surface area contributed by atoms with Gasteiger partial charge in [0.05, 0.1) is 25.4 Å². The predicted molar refractivity (Wildman–Crippen MR) is 144 cm³/mol. The largest absolute Gasteiger partial charge is 0.495 e. The minimum Gasteiger partial charge on any atom is -0.495 e. The van der Waals surface area contributed by atoms with Gasteiger partial charge >= 0.3 is 0 Å². The normalized spacial score (nSPS) is 11.3. The van der Waals surface area contributed by atoms with Gasteiger partial charge in [-0.3, -0.25) is 4.79 Å². The molecule has 3 aromatic rings. The molecule has 6 heteroatoms. The number of aromatic nitrogens is 1. The Balaban J connectivity index is 1.70. The number of unbranched alkanes of at least 4 members (excludes halogenated alkanes) is 2.